The lowest BCUT2D eigenvalue weighted by Gasteiger charge is -2.14. The lowest BCUT2D eigenvalue weighted by Crippen LogP contribution is -2.21. The molecule has 1 heterocycles. The van der Waals surface area contributed by atoms with E-state index in [2.05, 4.69) is 32.2 Å². The number of benzene rings is 1. The average molecular weight is 176 g/mol. The standard InChI is InChI=1S/C11H14NO/c1-8-4-9(2)11-10(5-8)6-12(3)7-13-11/h4-6H,7H2,1-3H3/q+1. The molecular weight excluding hydrogens is 162 g/mol. The minimum absolute atomic E-state index is 0.650. The third-order valence-corrected chi connectivity index (χ3v) is 2.22. The van der Waals surface area contributed by atoms with Crippen molar-refractivity contribution in [1.82, 2.24) is 0 Å². The van der Waals surface area contributed by atoms with Gasteiger partial charge in [-0.2, -0.15) is 0 Å². The highest BCUT2D eigenvalue weighted by molar-refractivity contribution is 5.81. The summed E-state index contributed by atoms with van der Waals surface area (Å²) in [7, 11) is 2.01. The summed E-state index contributed by atoms with van der Waals surface area (Å²) in [6.07, 6.45) is 2.12. The number of hydrogen-bond donors (Lipinski definition) is 0. The maximum Gasteiger partial charge on any atom is 0.286 e. The molecule has 2 rings (SSSR count). The SMILES string of the molecule is Cc1cc(C)c2c(c1)C=[N+](C)CO2. The second kappa shape index (κ2) is 2.87. The minimum atomic E-state index is 0.650. The van der Waals surface area contributed by atoms with Crippen LogP contribution in [0.4, 0.5) is 0 Å². The Kier molecular flexibility index (Phi) is 1.83. The smallest absolute Gasteiger partial charge is 0.286 e. The predicted molar refractivity (Wildman–Crippen MR) is 52.8 cm³/mol. The summed E-state index contributed by atoms with van der Waals surface area (Å²) in [5, 5.41) is 0. The second-order valence-electron chi connectivity index (χ2n) is 3.66. The third kappa shape index (κ3) is 1.44. The lowest BCUT2D eigenvalue weighted by molar-refractivity contribution is -0.528. The van der Waals surface area contributed by atoms with Crippen LogP contribution >= 0.6 is 0 Å². The molecule has 1 aliphatic heterocycles. The van der Waals surface area contributed by atoms with Crippen molar-refractivity contribution in [3.05, 3.63) is 28.8 Å². The Morgan fingerprint density at radius 2 is 2.08 bits per heavy atom. The van der Waals surface area contributed by atoms with E-state index < -0.39 is 0 Å². The van der Waals surface area contributed by atoms with Crippen LogP contribution in [-0.2, 0) is 0 Å². The average Bonchev–Trinajstić information content (AvgIpc) is 2.02. The van der Waals surface area contributed by atoms with E-state index in [9.17, 15) is 0 Å². The molecule has 13 heavy (non-hydrogen) atoms. The molecule has 0 amide bonds. The molecule has 2 heteroatoms. The van der Waals surface area contributed by atoms with Crippen molar-refractivity contribution in [2.75, 3.05) is 13.8 Å². The summed E-state index contributed by atoms with van der Waals surface area (Å²) in [6.45, 7) is 4.84. The molecule has 0 fully saturated rings. The van der Waals surface area contributed by atoms with Crippen molar-refractivity contribution in [3.8, 4) is 5.75 Å². The second-order valence-corrected chi connectivity index (χ2v) is 3.66. The van der Waals surface area contributed by atoms with Crippen molar-refractivity contribution in [3.63, 3.8) is 0 Å². The van der Waals surface area contributed by atoms with Crippen molar-refractivity contribution in [1.29, 1.82) is 0 Å². The molecule has 1 aromatic carbocycles. The van der Waals surface area contributed by atoms with Crippen LogP contribution in [0.2, 0.25) is 0 Å². The summed E-state index contributed by atoms with van der Waals surface area (Å²) in [6, 6.07) is 4.30. The first-order chi connectivity index (χ1) is 6.16. The van der Waals surface area contributed by atoms with Crippen LogP contribution in [-0.4, -0.2) is 24.6 Å². The first-order valence-corrected chi connectivity index (χ1v) is 4.46. The first-order valence-electron chi connectivity index (χ1n) is 4.46. The summed E-state index contributed by atoms with van der Waals surface area (Å²) < 4.78 is 7.66. The van der Waals surface area contributed by atoms with E-state index in [4.69, 9.17) is 4.74 Å². The van der Waals surface area contributed by atoms with Crippen molar-refractivity contribution < 1.29 is 9.31 Å². The van der Waals surface area contributed by atoms with Gasteiger partial charge in [-0.25, -0.2) is 4.58 Å². The number of nitrogens with zero attached hydrogens (tertiary/aromatic N) is 1. The van der Waals surface area contributed by atoms with E-state index in [1.807, 2.05) is 11.6 Å². The predicted octanol–water partition coefficient (Wildman–Crippen LogP) is 1.71. The Morgan fingerprint density at radius 3 is 2.85 bits per heavy atom. The van der Waals surface area contributed by atoms with Crippen LogP contribution in [0.3, 0.4) is 0 Å². The molecule has 0 unspecified atom stereocenters. The Labute approximate surface area is 78.5 Å². The van der Waals surface area contributed by atoms with E-state index >= 15 is 0 Å². The fraction of sp³-hybridized carbons (Fsp3) is 0.364. The zero-order valence-electron chi connectivity index (χ0n) is 8.29. The molecule has 68 valence electrons. The van der Waals surface area contributed by atoms with Gasteiger partial charge in [-0.3, -0.25) is 0 Å². The number of ether oxygens (including phenoxy) is 1. The van der Waals surface area contributed by atoms with Gasteiger partial charge in [0.15, 0.2) is 6.21 Å². The van der Waals surface area contributed by atoms with Gasteiger partial charge in [0.2, 0.25) is 0 Å². The molecule has 1 aromatic rings. The molecule has 0 bridgehead atoms. The monoisotopic (exact) mass is 176 g/mol. The Bertz CT molecular complexity index is 380. The van der Waals surface area contributed by atoms with Crippen LogP contribution in [0.5, 0.6) is 5.75 Å². The molecule has 0 N–H and O–H groups in total. The normalized spacial score (nSPS) is 14.5. The Morgan fingerprint density at radius 1 is 1.31 bits per heavy atom. The largest absolute Gasteiger partial charge is 0.435 e. The first kappa shape index (κ1) is 8.30. The summed E-state index contributed by atoms with van der Waals surface area (Å²) >= 11 is 0. The van der Waals surface area contributed by atoms with Gasteiger partial charge in [-0.15, -0.1) is 0 Å². The molecule has 0 aromatic heterocycles. The molecular formula is C11H14NO+. The van der Waals surface area contributed by atoms with Crippen molar-refractivity contribution in [2.24, 2.45) is 0 Å². The molecule has 0 atom stereocenters. The van der Waals surface area contributed by atoms with E-state index in [1.54, 1.807) is 0 Å². The highest BCUT2D eigenvalue weighted by Crippen LogP contribution is 2.25. The lowest BCUT2D eigenvalue weighted by atomic mass is 10.1. The summed E-state index contributed by atoms with van der Waals surface area (Å²) in [4.78, 5) is 0. The summed E-state index contributed by atoms with van der Waals surface area (Å²) in [5.41, 5.74) is 3.69. The van der Waals surface area contributed by atoms with Crippen LogP contribution in [0.25, 0.3) is 0 Å². The maximum absolute atomic E-state index is 5.62. The fourth-order valence-corrected chi connectivity index (χ4v) is 1.72. The molecule has 0 saturated heterocycles. The number of hydrogen-bond acceptors (Lipinski definition) is 1. The quantitative estimate of drug-likeness (QED) is 0.548. The topological polar surface area (TPSA) is 12.2 Å². The molecule has 0 aliphatic carbocycles. The van der Waals surface area contributed by atoms with Gasteiger partial charge in [0.25, 0.3) is 6.73 Å². The number of aryl methyl sites for hydroxylation is 2. The zero-order valence-corrected chi connectivity index (χ0v) is 8.29. The van der Waals surface area contributed by atoms with Gasteiger partial charge in [-0.1, -0.05) is 6.07 Å². The fourth-order valence-electron chi connectivity index (χ4n) is 1.72. The van der Waals surface area contributed by atoms with E-state index in [0.29, 0.717) is 6.73 Å². The Hall–Kier alpha value is -1.31. The zero-order chi connectivity index (χ0) is 9.42. The van der Waals surface area contributed by atoms with Crippen LogP contribution in [0.1, 0.15) is 16.7 Å². The minimum Gasteiger partial charge on any atom is -0.435 e. The van der Waals surface area contributed by atoms with Crippen molar-refractivity contribution in [2.45, 2.75) is 13.8 Å². The van der Waals surface area contributed by atoms with Gasteiger partial charge < -0.3 is 4.74 Å². The van der Waals surface area contributed by atoms with Gasteiger partial charge in [-0.05, 0) is 31.0 Å². The maximum atomic E-state index is 5.62. The van der Waals surface area contributed by atoms with Crippen LogP contribution in [0, 0.1) is 13.8 Å². The Balaban J connectivity index is 2.61. The van der Waals surface area contributed by atoms with Crippen LogP contribution < -0.4 is 4.74 Å². The summed E-state index contributed by atoms with van der Waals surface area (Å²) in [5.74, 6) is 1.03. The van der Waals surface area contributed by atoms with Crippen LogP contribution in [0.15, 0.2) is 12.1 Å². The van der Waals surface area contributed by atoms with E-state index in [0.717, 1.165) is 5.75 Å². The molecule has 0 radical (unpaired) electrons. The van der Waals surface area contributed by atoms with E-state index in [-0.39, 0.29) is 0 Å². The molecule has 0 spiro atoms. The van der Waals surface area contributed by atoms with Gasteiger partial charge >= 0.3 is 0 Å². The van der Waals surface area contributed by atoms with Crippen molar-refractivity contribution >= 4 is 6.21 Å². The third-order valence-electron chi connectivity index (χ3n) is 2.22. The van der Waals surface area contributed by atoms with E-state index in [1.165, 1.54) is 16.7 Å². The highest BCUT2D eigenvalue weighted by atomic mass is 16.5. The van der Waals surface area contributed by atoms with Gasteiger partial charge in [0.05, 0.1) is 5.56 Å². The van der Waals surface area contributed by atoms with Gasteiger partial charge in [0, 0.05) is 0 Å². The number of fused-ring (bicyclic) bond motifs is 1. The molecule has 1 aliphatic rings. The number of rotatable bonds is 0. The molecule has 2 nitrogen and oxygen atoms in total. The highest BCUT2D eigenvalue weighted by Gasteiger charge is 2.15. The molecule has 0 saturated carbocycles. The van der Waals surface area contributed by atoms with Gasteiger partial charge in [0.1, 0.15) is 12.8 Å².